The maximum atomic E-state index is 15.1. The molecule has 156 valence electrons. The van der Waals surface area contributed by atoms with Crippen molar-refractivity contribution in [1.82, 2.24) is 9.88 Å². The maximum Gasteiger partial charge on any atom is 0.387 e. The Kier molecular flexibility index (Phi) is 4.89. The van der Waals surface area contributed by atoms with Crippen LogP contribution in [0.4, 0.5) is 18.9 Å². The van der Waals surface area contributed by atoms with Gasteiger partial charge in [-0.1, -0.05) is 0 Å². The average molecular weight is 411 g/mol. The molecule has 1 saturated heterocycles. The summed E-state index contributed by atoms with van der Waals surface area (Å²) in [5, 5.41) is 12.3. The molecule has 2 aromatic rings. The molecular weight excluding hydrogens is 391 g/mol. The van der Waals surface area contributed by atoms with E-state index in [4.69, 9.17) is 4.74 Å². The Bertz CT molecular complexity index is 1040. The Hall–Kier alpha value is -2.75. The molecule has 0 radical (unpaired) electrons. The topological polar surface area (TPSA) is 83.8 Å². The number of carboxylic acids is 1. The number of hydrogen-bond acceptors (Lipinski definition) is 5. The van der Waals surface area contributed by atoms with Crippen LogP contribution in [0.15, 0.2) is 17.1 Å². The number of nitrogens with zero attached hydrogens (tertiary/aromatic N) is 2. The van der Waals surface area contributed by atoms with E-state index in [1.807, 2.05) is 6.92 Å². The van der Waals surface area contributed by atoms with Gasteiger partial charge in [-0.25, -0.2) is 9.18 Å². The molecular formula is C19H20F3N3O4. The number of fused-ring (bicyclic) bond motifs is 1. The first-order chi connectivity index (χ1) is 13.8. The van der Waals surface area contributed by atoms with Crippen molar-refractivity contribution in [2.24, 2.45) is 0 Å². The van der Waals surface area contributed by atoms with Crippen LogP contribution >= 0.6 is 0 Å². The number of carboxylic acid groups (broad SMARTS) is 1. The Morgan fingerprint density at radius 1 is 1.38 bits per heavy atom. The molecule has 2 fully saturated rings. The van der Waals surface area contributed by atoms with E-state index >= 15 is 4.39 Å². The molecule has 1 aromatic heterocycles. The molecule has 1 aliphatic heterocycles. The zero-order valence-corrected chi connectivity index (χ0v) is 15.6. The molecule has 29 heavy (non-hydrogen) atoms. The molecule has 10 heteroatoms. The Balaban J connectivity index is 2.05. The van der Waals surface area contributed by atoms with Crippen LogP contribution in [0.2, 0.25) is 0 Å². The second kappa shape index (κ2) is 7.25. The van der Waals surface area contributed by atoms with Gasteiger partial charge in [-0.2, -0.15) is 8.78 Å². The lowest BCUT2D eigenvalue weighted by molar-refractivity contribution is -0.0488. The fourth-order valence-corrected chi connectivity index (χ4v) is 3.87. The van der Waals surface area contributed by atoms with E-state index < -0.39 is 35.1 Å². The number of halogens is 3. The number of anilines is 1. The molecule has 2 aliphatic rings. The first-order valence-corrected chi connectivity index (χ1v) is 9.35. The Morgan fingerprint density at radius 2 is 2.10 bits per heavy atom. The molecule has 7 nitrogen and oxygen atoms in total. The Morgan fingerprint density at radius 3 is 2.69 bits per heavy atom. The van der Waals surface area contributed by atoms with Gasteiger partial charge in [-0.3, -0.25) is 4.79 Å². The predicted octanol–water partition coefficient (Wildman–Crippen LogP) is 2.57. The van der Waals surface area contributed by atoms with Crippen LogP contribution < -0.4 is 20.4 Å². The van der Waals surface area contributed by atoms with Crippen LogP contribution in [0.25, 0.3) is 10.9 Å². The third-order valence-electron chi connectivity index (χ3n) is 5.26. The van der Waals surface area contributed by atoms with Gasteiger partial charge in [0.05, 0.1) is 10.9 Å². The fraction of sp³-hybridized carbons (Fsp3) is 0.474. The third kappa shape index (κ3) is 3.52. The van der Waals surface area contributed by atoms with E-state index in [1.54, 1.807) is 4.90 Å². The summed E-state index contributed by atoms with van der Waals surface area (Å²) in [5.41, 5.74) is -1.59. The molecule has 0 bridgehead atoms. The standard InChI is InChI=1S/C19H20F3N3O4/c1-9-7-24(5-4-23-9)15-13(20)6-11-14(17(15)29-19(21)22)25(10-2-3-10)8-12(16(11)26)18(27)28/h6,8-10,19,23H,2-5,7H2,1H3,(H,27,28)/t9-/m1/s1. The average Bonchev–Trinajstić information content (AvgIpc) is 3.47. The van der Waals surface area contributed by atoms with E-state index in [0.29, 0.717) is 32.5 Å². The van der Waals surface area contributed by atoms with E-state index in [-0.39, 0.29) is 28.7 Å². The van der Waals surface area contributed by atoms with Crippen molar-refractivity contribution in [3.05, 3.63) is 33.9 Å². The highest BCUT2D eigenvalue weighted by atomic mass is 19.3. The third-order valence-corrected chi connectivity index (χ3v) is 5.26. The molecule has 1 saturated carbocycles. The number of nitrogens with one attached hydrogen (secondary N) is 1. The van der Waals surface area contributed by atoms with Gasteiger partial charge in [-0.15, -0.1) is 0 Å². The van der Waals surface area contributed by atoms with Gasteiger partial charge in [0, 0.05) is 37.9 Å². The minimum atomic E-state index is -3.24. The first kappa shape index (κ1) is 19.6. The lowest BCUT2D eigenvalue weighted by Gasteiger charge is -2.35. The van der Waals surface area contributed by atoms with E-state index in [9.17, 15) is 23.5 Å². The number of piperazine rings is 1. The van der Waals surface area contributed by atoms with E-state index in [2.05, 4.69) is 5.32 Å². The summed E-state index contributed by atoms with van der Waals surface area (Å²) in [7, 11) is 0. The molecule has 2 heterocycles. The highest BCUT2D eigenvalue weighted by Gasteiger charge is 2.33. The molecule has 4 rings (SSSR count). The molecule has 0 spiro atoms. The first-order valence-electron chi connectivity index (χ1n) is 9.35. The second-order valence-corrected chi connectivity index (χ2v) is 7.43. The minimum Gasteiger partial charge on any atom is -0.477 e. The van der Waals surface area contributed by atoms with Crippen molar-refractivity contribution >= 4 is 22.6 Å². The van der Waals surface area contributed by atoms with Crippen molar-refractivity contribution in [1.29, 1.82) is 0 Å². The van der Waals surface area contributed by atoms with Crippen LogP contribution in [-0.2, 0) is 0 Å². The van der Waals surface area contributed by atoms with Crippen LogP contribution in [-0.4, -0.2) is 47.9 Å². The van der Waals surface area contributed by atoms with Gasteiger partial charge in [0.1, 0.15) is 11.3 Å². The lowest BCUT2D eigenvalue weighted by atomic mass is 10.1. The largest absolute Gasteiger partial charge is 0.477 e. The number of rotatable bonds is 5. The fourth-order valence-electron chi connectivity index (χ4n) is 3.87. The molecule has 2 N–H and O–H groups in total. The highest BCUT2D eigenvalue weighted by Crippen LogP contribution is 2.44. The second-order valence-electron chi connectivity index (χ2n) is 7.43. The quantitative estimate of drug-likeness (QED) is 0.787. The summed E-state index contributed by atoms with van der Waals surface area (Å²) in [6.07, 6.45) is 2.54. The Labute approximate surface area is 163 Å². The maximum absolute atomic E-state index is 15.1. The molecule has 0 amide bonds. The van der Waals surface area contributed by atoms with Gasteiger partial charge in [0.25, 0.3) is 0 Å². The lowest BCUT2D eigenvalue weighted by Crippen LogP contribution is -2.49. The van der Waals surface area contributed by atoms with Crippen LogP contribution in [0, 0.1) is 5.82 Å². The zero-order chi connectivity index (χ0) is 20.9. The molecule has 0 unspecified atom stereocenters. The summed E-state index contributed by atoms with van der Waals surface area (Å²) in [6.45, 7) is -0.0881. The number of ether oxygens (including phenoxy) is 1. The van der Waals surface area contributed by atoms with Crippen molar-refractivity contribution < 1.29 is 27.8 Å². The van der Waals surface area contributed by atoms with Gasteiger partial charge in [0.15, 0.2) is 11.6 Å². The van der Waals surface area contributed by atoms with E-state index in [1.165, 1.54) is 4.57 Å². The van der Waals surface area contributed by atoms with Crippen LogP contribution in [0.3, 0.4) is 0 Å². The van der Waals surface area contributed by atoms with Crippen LogP contribution in [0.5, 0.6) is 5.75 Å². The minimum absolute atomic E-state index is 0.00161. The van der Waals surface area contributed by atoms with Gasteiger partial charge in [0.2, 0.25) is 5.43 Å². The summed E-state index contributed by atoms with van der Waals surface area (Å²) in [4.78, 5) is 25.8. The van der Waals surface area contributed by atoms with Gasteiger partial charge < -0.3 is 24.6 Å². The number of alkyl halides is 2. The van der Waals surface area contributed by atoms with Crippen molar-refractivity contribution in [3.8, 4) is 5.75 Å². The SMILES string of the molecule is C[C@@H]1CN(c2c(F)cc3c(=O)c(C(=O)O)cn(C4CC4)c3c2OC(F)F)CCN1. The van der Waals surface area contributed by atoms with E-state index in [0.717, 1.165) is 12.3 Å². The summed E-state index contributed by atoms with van der Waals surface area (Å²) < 4.78 is 48.0. The number of aromatic carboxylic acids is 1. The smallest absolute Gasteiger partial charge is 0.387 e. The molecule has 1 aromatic carbocycles. The van der Waals surface area contributed by atoms with Crippen molar-refractivity contribution in [2.45, 2.75) is 38.5 Å². The monoisotopic (exact) mass is 411 g/mol. The van der Waals surface area contributed by atoms with Crippen molar-refractivity contribution in [3.63, 3.8) is 0 Å². The number of pyridine rings is 1. The molecule has 1 atom stereocenters. The number of carbonyl (C=O) groups is 1. The predicted molar refractivity (Wildman–Crippen MR) is 99.7 cm³/mol. The van der Waals surface area contributed by atoms with Crippen molar-refractivity contribution in [2.75, 3.05) is 24.5 Å². The summed E-state index contributed by atoms with van der Waals surface area (Å²) >= 11 is 0. The summed E-state index contributed by atoms with van der Waals surface area (Å²) in [5.74, 6) is -2.78. The van der Waals surface area contributed by atoms with Gasteiger partial charge >= 0.3 is 12.6 Å². The number of benzene rings is 1. The van der Waals surface area contributed by atoms with Gasteiger partial charge in [-0.05, 0) is 25.8 Å². The molecule has 1 aliphatic carbocycles. The number of aromatic nitrogens is 1. The van der Waals surface area contributed by atoms with Crippen LogP contribution in [0.1, 0.15) is 36.2 Å². The number of hydrogen-bond donors (Lipinski definition) is 2. The highest BCUT2D eigenvalue weighted by molar-refractivity contribution is 5.97. The summed E-state index contributed by atoms with van der Waals surface area (Å²) in [6, 6.07) is 0.776. The zero-order valence-electron chi connectivity index (χ0n) is 15.6. The normalized spacial score (nSPS) is 19.8.